The lowest BCUT2D eigenvalue weighted by molar-refractivity contribution is -0.138. The van der Waals surface area contributed by atoms with Gasteiger partial charge < -0.3 is 24.4 Å². The van der Waals surface area contributed by atoms with E-state index in [-0.39, 0.29) is 12.7 Å². The number of nitrogens with zero attached hydrogens (tertiary/aromatic N) is 1. The Morgan fingerprint density at radius 2 is 2.35 bits per heavy atom. The van der Waals surface area contributed by atoms with E-state index in [4.69, 9.17) is 14.2 Å². The summed E-state index contributed by atoms with van der Waals surface area (Å²) in [7, 11) is 1.98. The highest BCUT2D eigenvalue weighted by Crippen LogP contribution is 2.35. The van der Waals surface area contributed by atoms with Gasteiger partial charge in [-0.3, -0.25) is 4.79 Å². The predicted octanol–water partition coefficient (Wildman–Crippen LogP) is 0.362. The van der Waals surface area contributed by atoms with Crippen LogP contribution in [-0.4, -0.2) is 50.4 Å². The average molecular weight is 278 g/mol. The molecule has 2 aliphatic rings. The van der Waals surface area contributed by atoms with Gasteiger partial charge in [-0.1, -0.05) is 12.1 Å². The lowest BCUT2D eigenvalue weighted by atomic mass is 10.2. The summed E-state index contributed by atoms with van der Waals surface area (Å²) in [5, 5.41) is 2.89. The molecule has 1 atom stereocenters. The molecule has 0 bridgehead atoms. The van der Waals surface area contributed by atoms with Gasteiger partial charge in [0.25, 0.3) is 5.91 Å². The van der Waals surface area contributed by atoms with Crippen LogP contribution in [0.2, 0.25) is 0 Å². The van der Waals surface area contributed by atoms with Crippen LogP contribution in [0.25, 0.3) is 0 Å². The number of carbonyl (C=O) groups excluding carboxylic acids is 1. The van der Waals surface area contributed by atoms with Gasteiger partial charge in [-0.05, 0) is 13.1 Å². The van der Waals surface area contributed by atoms with Gasteiger partial charge in [0.05, 0.1) is 6.61 Å². The first-order valence-corrected chi connectivity index (χ1v) is 6.69. The molecular weight excluding hydrogens is 260 g/mol. The molecular formula is C14H18N2O4. The third-order valence-corrected chi connectivity index (χ3v) is 3.49. The molecule has 0 aromatic heterocycles. The molecule has 6 nitrogen and oxygen atoms in total. The quantitative estimate of drug-likeness (QED) is 0.865. The van der Waals surface area contributed by atoms with Gasteiger partial charge in [-0.25, -0.2) is 0 Å². The number of fused-ring (bicyclic) bond motifs is 1. The minimum atomic E-state index is -0.400. The first-order valence-electron chi connectivity index (χ1n) is 6.69. The molecule has 0 aliphatic carbocycles. The Hall–Kier alpha value is -1.79. The second-order valence-corrected chi connectivity index (χ2v) is 4.99. The zero-order valence-corrected chi connectivity index (χ0v) is 11.4. The fourth-order valence-electron chi connectivity index (χ4n) is 2.36. The first-order chi connectivity index (χ1) is 9.74. The van der Waals surface area contributed by atoms with Crippen LogP contribution in [0.15, 0.2) is 18.2 Å². The van der Waals surface area contributed by atoms with E-state index in [1.807, 2.05) is 25.2 Å². The number of morpholine rings is 1. The van der Waals surface area contributed by atoms with E-state index in [1.54, 1.807) is 0 Å². The van der Waals surface area contributed by atoms with Crippen LogP contribution in [0, 0.1) is 0 Å². The van der Waals surface area contributed by atoms with Gasteiger partial charge in [0, 0.05) is 25.2 Å². The van der Waals surface area contributed by atoms with Crippen LogP contribution < -0.4 is 14.8 Å². The largest absolute Gasteiger partial charge is 0.454 e. The summed E-state index contributed by atoms with van der Waals surface area (Å²) in [6.45, 7) is 2.72. The minimum absolute atomic E-state index is 0.0898. The molecule has 108 valence electrons. The molecule has 0 saturated carbocycles. The molecule has 1 aromatic carbocycles. The number of hydrogen-bond acceptors (Lipinski definition) is 5. The number of para-hydroxylation sites is 1. The van der Waals surface area contributed by atoms with Crippen LogP contribution in [0.4, 0.5) is 0 Å². The van der Waals surface area contributed by atoms with Crippen molar-refractivity contribution in [1.29, 1.82) is 0 Å². The number of rotatable bonds is 3. The lowest BCUT2D eigenvalue weighted by Crippen LogP contribution is -2.48. The second-order valence-electron chi connectivity index (χ2n) is 4.99. The van der Waals surface area contributed by atoms with E-state index < -0.39 is 6.10 Å². The first kappa shape index (κ1) is 13.2. The molecule has 1 aromatic rings. The van der Waals surface area contributed by atoms with Gasteiger partial charge in [-0.15, -0.1) is 0 Å². The molecule has 1 unspecified atom stereocenters. The van der Waals surface area contributed by atoms with Gasteiger partial charge >= 0.3 is 0 Å². The molecule has 1 N–H and O–H groups in total. The average Bonchev–Trinajstić information content (AvgIpc) is 2.93. The molecule has 20 heavy (non-hydrogen) atoms. The molecule has 1 amide bonds. The monoisotopic (exact) mass is 278 g/mol. The molecule has 6 heteroatoms. The summed E-state index contributed by atoms with van der Waals surface area (Å²) >= 11 is 0. The molecule has 1 fully saturated rings. The van der Waals surface area contributed by atoms with E-state index in [0.717, 1.165) is 23.6 Å². The molecule has 2 heterocycles. The van der Waals surface area contributed by atoms with Crippen molar-refractivity contribution in [2.45, 2.75) is 12.6 Å². The van der Waals surface area contributed by atoms with Crippen molar-refractivity contribution in [3.05, 3.63) is 23.8 Å². The summed E-state index contributed by atoms with van der Waals surface area (Å²) in [5.41, 5.74) is 0.914. The Labute approximate surface area is 117 Å². The Balaban J connectivity index is 1.59. The Bertz CT molecular complexity index is 506. The Morgan fingerprint density at radius 3 is 3.20 bits per heavy atom. The Kier molecular flexibility index (Phi) is 3.75. The van der Waals surface area contributed by atoms with Crippen LogP contribution in [-0.2, 0) is 16.1 Å². The van der Waals surface area contributed by atoms with Crippen molar-refractivity contribution in [3.63, 3.8) is 0 Å². The number of nitrogens with one attached hydrogen (secondary N) is 1. The highest BCUT2D eigenvalue weighted by atomic mass is 16.7. The maximum absolute atomic E-state index is 12.1. The minimum Gasteiger partial charge on any atom is -0.454 e. The fourth-order valence-corrected chi connectivity index (χ4v) is 2.36. The summed E-state index contributed by atoms with van der Waals surface area (Å²) in [6.07, 6.45) is -0.400. The van der Waals surface area contributed by atoms with E-state index in [0.29, 0.717) is 19.7 Å². The third-order valence-electron chi connectivity index (χ3n) is 3.49. The number of ether oxygens (including phenoxy) is 3. The van der Waals surface area contributed by atoms with Crippen molar-refractivity contribution < 1.29 is 19.0 Å². The zero-order chi connectivity index (χ0) is 13.9. The molecule has 2 aliphatic heterocycles. The van der Waals surface area contributed by atoms with E-state index >= 15 is 0 Å². The van der Waals surface area contributed by atoms with Gasteiger partial charge in [0.15, 0.2) is 11.5 Å². The summed E-state index contributed by atoms with van der Waals surface area (Å²) < 4.78 is 16.2. The number of hydrogen-bond donors (Lipinski definition) is 1. The maximum Gasteiger partial charge on any atom is 0.250 e. The third kappa shape index (κ3) is 2.71. The van der Waals surface area contributed by atoms with Crippen molar-refractivity contribution in [2.75, 3.05) is 33.5 Å². The molecule has 3 rings (SSSR count). The molecule has 0 spiro atoms. The van der Waals surface area contributed by atoms with Crippen LogP contribution in [0.3, 0.4) is 0 Å². The second kappa shape index (κ2) is 5.68. The topological polar surface area (TPSA) is 60.0 Å². The van der Waals surface area contributed by atoms with Crippen molar-refractivity contribution in [3.8, 4) is 11.5 Å². The SMILES string of the molecule is CN1CCOC(C(=O)NCc2cccc3c2OCO3)C1. The number of amides is 1. The number of likely N-dealkylation sites (N-methyl/N-ethyl adjacent to an activating group) is 1. The van der Waals surface area contributed by atoms with E-state index in [1.165, 1.54) is 0 Å². The summed E-state index contributed by atoms with van der Waals surface area (Å²) in [5.74, 6) is 1.35. The predicted molar refractivity (Wildman–Crippen MR) is 71.6 cm³/mol. The van der Waals surface area contributed by atoms with Crippen LogP contribution in [0.1, 0.15) is 5.56 Å². The Morgan fingerprint density at radius 1 is 1.45 bits per heavy atom. The van der Waals surface area contributed by atoms with Crippen molar-refractivity contribution in [1.82, 2.24) is 10.2 Å². The highest BCUT2D eigenvalue weighted by molar-refractivity contribution is 5.81. The highest BCUT2D eigenvalue weighted by Gasteiger charge is 2.25. The van der Waals surface area contributed by atoms with Crippen molar-refractivity contribution in [2.24, 2.45) is 0 Å². The molecule has 0 radical (unpaired) electrons. The fraction of sp³-hybridized carbons (Fsp3) is 0.500. The van der Waals surface area contributed by atoms with Gasteiger partial charge in [0.2, 0.25) is 6.79 Å². The van der Waals surface area contributed by atoms with E-state index in [2.05, 4.69) is 10.2 Å². The summed E-state index contributed by atoms with van der Waals surface area (Å²) in [4.78, 5) is 14.2. The van der Waals surface area contributed by atoms with Crippen LogP contribution >= 0.6 is 0 Å². The van der Waals surface area contributed by atoms with Gasteiger partial charge in [-0.2, -0.15) is 0 Å². The molecule has 1 saturated heterocycles. The normalized spacial score (nSPS) is 21.8. The zero-order valence-electron chi connectivity index (χ0n) is 11.4. The maximum atomic E-state index is 12.1. The van der Waals surface area contributed by atoms with Gasteiger partial charge in [0.1, 0.15) is 6.10 Å². The van der Waals surface area contributed by atoms with Crippen molar-refractivity contribution >= 4 is 5.91 Å². The lowest BCUT2D eigenvalue weighted by Gasteiger charge is -2.29. The summed E-state index contributed by atoms with van der Waals surface area (Å²) in [6, 6.07) is 5.66. The standard InChI is InChI=1S/C14H18N2O4/c1-16-5-6-18-12(8-16)14(17)15-7-10-3-2-4-11-13(10)20-9-19-11/h2-4,12H,5-9H2,1H3,(H,15,17). The number of benzene rings is 1. The number of carbonyl (C=O) groups is 1. The van der Waals surface area contributed by atoms with Crippen LogP contribution in [0.5, 0.6) is 11.5 Å². The van der Waals surface area contributed by atoms with E-state index in [9.17, 15) is 4.79 Å². The smallest absolute Gasteiger partial charge is 0.250 e.